The molecule has 0 saturated carbocycles. The fraction of sp³-hybridized carbons (Fsp3) is 0.125. The Balaban J connectivity index is 4.08. The molecule has 3 nitrogen and oxygen atoms in total. The molecule has 60 valence electrons. The molecule has 0 fully saturated rings. The van der Waals surface area contributed by atoms with E-state index in [-0.39, 0.29) is 0 Å². The van der Waals surface area contributed by atoms with Gasteiger partial charge in [0.1, 0.15) is 5.76 Å². The van der Waals surface area contributed by atoms with E-state index in [4.69, 9.17) is 10.5 Å². The van der Waals surface area contributed by atoms with E-state index in [9.17, 15) is 4.79 Å². The van der Waals surface area contributed by atoms with Crippen molar-refractivity contribution in [1.82, 2.24) is 0 Å². The normalized spacial score (nSPS) is 11.5. The van der Waals surface area contributed by atoms with Gasteiger partial charge in [0.25, 0.3) is 0 Å². The second kappa shape index (κ2) is 5.29. The Morgan fingerprint density at radius 3 is 2.55 bits per heavy atom. The summed E-state index contributed by atoms with van der Waals surface area (Å²) in [4.78, 5) is 10.3. The predicted molar refractivity (Wildman–Crippen MR) is 43.4 cm³/mol. The number of hydrogen-bond donors (Lipinski definition) is 1. The number of hydrogen-bond acceptors (Lipinski definition) is 2. The molecule has 0 saturated heterocycles. The zero-order valence-electron chi connectivity index (χ0n) is 6.41. The van der Waals surface area contributed by atoms with Crippen LogP contribution >= 0.6 is 0 Å². The molecule has 11 heavy (non-hydrogen) atoms. The lowest BCUT2D eigenvalue weighted by Crippen LogP contribution is -2.05. The minimum absolute atomic E-state index is 0.503. The molecule has 2 N–H and O–H groups in total. The Kier molecular flexibility index (Phi) is 4.56. The molecule has 1 amide bonds. The number of ether oxygens (including phenoxy) is 1. The fourth-order valence-electron chi connectivity index (χ4n) is 0.464. The molecule has 0 spiro atoms. The second-order valence-corrected chi connectivity index (χ2v) is 1.71. The molecule has 0 aliphatic carbocycles. The third-order valence-corrected chi connectivity index (χ3v) is 0.916. The summed E-state index contributed by atoms with van der Waals surface area (Å²) in [6, 6.07) is 0. The maximum absolute atomic E-state index is 10.3. The standard InChI is InChI=1S/C8H11NO2/c1-3-7(11-4-2)5-6-8(9)10/h3-6H,2H2,1H3,(H2,9,10)/b6-5+,7-3-. The zero-order chi connectivity index (χ0) is 8.69. The number of carbonyl (C=O) groups is 1. The van der Waals surface area contributed by atoms with Crippen LogP contribution in [0.15, 0.2) is 36.8 Å². The summed E-state index contributed by atoms with van der Waals surface area (Å²) in [6.45, 7) is 5.14. The van der Waals surface area contributed by atoms with Crippen LogP contribution < -0.4 is 5.73 Å². The van der Waals surface area contributed by atoms with Crippen LogP contribution in [0.2, 0.25) is 0 Å². The van der Waals surface area contributed by atoms with Gasteiger partial charge in [0.05, 0.1) is 6.26 Å². The van der Waals surface area contributed by atoms with Crippen molar-refractivity contribution in [2.75, 3.05) is 0 Å². The Morgan fingerprint density at radius 2 is 2.18 bits per heavy atom. The number of carbonyl (C=O) groups excluding carboxylic acids is 1. The summed E-state index contributed by atoms with van der Waals surface area (Å²) >= 11 is 0. The lowest BCUT2D eigenvalue weighted by atomic mass is 10.4. The van der Waals surface area contributed by atoms with E-state index in [0.717, 1.165) is 0 Å². The molecular formula is C8H11NO2. The van der Waals surface area contributed by atoms with E-state index in [0.29, 0.717) is 5.76 Å². The fourth-order valence-corrected chi connectivity index (χ4v) is 0.464. The molecule has 0 heterocycles. The van der Waals surface area contributed by atoms with Gasteiger partial charge < -0.3 is 10.5 Å². The van der Waals surface area contributed by atoms with Gasteiger partial charge in [-0.3, -0.25) is 4.79 Å². The van der Waals surface area contributed by atoms with Gasteiger partial charge in [0.2, 0.25) is 5.91 Å². The molecule has 0 rings (SSSR count). The Morgan fingerprint density at radius 1 is 1.55 bits per heavy atom. The van der Waals surface area contributed by atoms with E-state index in [1.165, 1.54) is 18.4 Å². The molecule has 0 aliphatic heterocycles. The van der Waals surface area contributed by atoms with Crippen molar-refractivity contribution >= 4 is 5.91 Å². The average Bonchev–Trinajstić information content (AvgIpc) is 1.97. The van der Waals surface area contributed by atoms with E-state index < -0.39 is 5.91 Å². The van der Waals surface area contributed by atoms with Crippen LogP contribution in [0.25, 0.3) is 0 Å². The van der Waals surface area contributed by atoms with Crippen molar-refractivity contribution in [2.45, 2.75) is 6.92 Å². The Hall–Kier alpha value is -1.51. The van der Waals surface area contributed by atoms with E-state index in [1.807, 2.05) is 0 Å². The topological polar surface area (TPSA) is 52.3 Å². The van der Waals surface area contributed by atoms with Gasteiger partial charge in [-0.2, -0.15) is 0 Å². The zero-order valence-corrected chi connectivity index (χ0v) is 6.41. The largest absolute Gasteiger partial charge is 0.466 e. The first kappa shape index (κ1) is 9.49. The third-order valence-electron chi connectivity index (χ3n) is 0.916. The van der Waals surface area contributed by atoms with Crippen molar-refractivity contribution in [1.29, 1.82) is 0 Å². The molecule has 0 atom stereocenters. The smallest absolute Gasteiger partial charge is 0.241 e. The highest BCUT2D eigenvalue weighted by molar-refractivity contribution is 5.86. The van der Waals surface area contributed by atoms with Gasteiger partial charge in [-0.05, 0) is 19.1 Å². The van der Waals surface area contributed by atoms with Gasteiger partial charge in [-0.15, -0.1) is 0 Å². The number of primary amides is 1. The summed E-state index contributed by atoms with van der Waals surface area (Å²) in [5, 5.41) is 0. The Bertz CT molecular complexity index is 204. The van der Waals surface area contributed by atoms with Gasteiger partial charge >= 0.3 is 0 Å². The third kappa shape index (κ3) is 4.96. The molecule has 0 unspecified atom stereocenters. The van der Waals surface area contributed by atoms with Crippen molar-refractivity contribution in [3.05, 3.63) is 36.8 Å². The molecule has 0 aromatic rings. The maximum Gasteiger partial charge on any atom is 0.241 e. The van der Waals surface area contributed by atoms with Gasteiger partial charge in [0, 0.05) is 6.08 Å². The SMILES string of the molecule is C=COC(=C\C)/C=C/C(N)=O. The summed E-state index contributed by atoms with van der Waals surface area (Å²) in [6.07, 6.45) is 5.67. The number of rotatable bonds is 4. The van der Waals surface area contributed by atoms with Crippen LogP contribution in [0.3, 0.4) is 0 Å². The minimum atomic E-state index is -0.503. The molecule has 0 aliphatic rings. The van der Waals surface area contributed by atoms with Crippen LogP contribution in [0.1, 0.15) is 6.92 Å². The highest BCUT2D eigenvalue weighted by atomic mass is 16.5. The quantitative estimate of drug-likeness (QED) is 0.373. The number of allylic oxidation sites excluding steroid dienone is 2. The second-order valence-electron chi connectivity index (χ2n) is 1.71. The van der Waals surface area contributed by atoms with Gasteiger partial charge in [0.15, 0.2) is 0 Å². The van der Waals surface area contributed by atoms with Crippen LogP contribution in [-0.2, 0) is 9.53 Å². The lowest BCUT2D eigenvalue weighted by Gasteiger charge is -1.96. The Labute approximate surface area is 65.8 Å². The van der Waals surface area contributed by atoms with Gasteiger partial charge in [-0.25, -0.2) is 0 Å². The van der Waals surface area contributed by atoms with Crippen LogP contribution in [0.4, 0.5) is 0 Å². The van der Waals surface area contributed by atoms with E-state index >= 15 is 0 Å². The summed E-state index contributed by atoms with van der Waals surface area (Å²) in [7, 11) is 0. The molecular weight excluding hydrogens is 142 g/mol. The van der Waals surface area contributed by atoms with Crippen LogP contribution in [0.5, 0.6) is 0 Å². The first-order chi connectivity index (χ1) is 5.20. The van der Waals surface area contributed by atoms with Gasteiger partial charge in [-0.1, -0.05) is 6.58 Å². The van der Waals surface area contributed by atoms with Crippen LogP contribution in [0, 0.1) is 0 Å². The summed E-state index contributed by atoms with van der Waals surface area (Å²) in [5.41, 5.74) is 4.86. The van der Waals surface area contributed by atoms with E-state index in [1.54, 1.807) is 13.0 Å². The summed E-state index contributed by atoms with van der Waals surface area (Å²) in [5.74, 6) is 0.0378. The maximum atomic E-state index is 10.3. The average molecular weight is 153 g/mol. The highest BCUT2D eigenvalue weighted by Crippen LogP contribution is 1.98. The minimum Gasteiger partial charge on any atom is -0.466 e. The number of nitrogens with two attached hydrogens (primary N) is 1. The monoisotopic (exact) mass is 153 g/mol. The summed E-state index contributed by atoms with van der Waals surface area (Å²) < 4.78 is 4.87. The molecule has 0 aromatic heterocycles. The highest BCUT2D eigenvalue weighted by Gasteiger charge is 1.87. The van der Waals surface area contributed by atoms with E-state index in [2.05, 4.69) is 6.58 Å². The van der Waals surface area contributed by atoms with Crippen molar-refractivity contribution in [3.63, 3.8) is 0 Å². The number of amides is 1. The van der Waals surface area contributed by atoms with Crippen LogP contribution in [-0.4, -0.2) is 5.91 Å². The van der Waals surface area contributed by atoms with Crippen molar-refractivity contribution in [2.24, 2.45) is 5.73 Å². The molecule has 0 radical (unpaired) electrons. The molecule has 3 heteroatoms. The lowest BCUT2D eigenvalue weighted by molar-refractivity contribution is -0.113. The predicted octanol–water partition coefficient (Wildman–Crippen LogP) is 1.09. The first-order valence-corrected chi connectivity index (χ1v) is 3.12. The van der Waals surface area contributed by atoms with Crippen molar-refractivity contribution < 1.29 is 9.53 Å². The molecule has 0 aromatic carbocycles. The van der Waals surface area contributed by atoms with Crippen molar-refractivity contribution in [3.8, 4) is 0 Å². The first-order valence-electron chi connectivity index (χ1n) is 3.12. The molecule has 0 bridgehead atoms.